The molecule has 0 aliphatic heterocycles. The highest BCUT2D eigenvalue weighted by atomic mass is 79.9. The fourth-order valence-corrected chi connectivity index (χ4v) is 1.50. The van der Waals surface area contributed by atoms with Crippen LogP contribution in [0.3, 0.4) is 0 Å². The number of rotatable bonds is 3. The average molecular weight is 269 g/mol. The zero-order valence-electron chi connectivity index (χ0n) is 6.90. The van der Waals surface area contributed by atoms with Gasteiger partial charge >= 0.3 is 0 Å². The summed E-state index contributed by atoms with van der Waals surface area (Å²) in [5.41, 5.74) is 3.00. The molecular weight excluding hydrogens is 260 g/mol. The van der Waals surface area contributed by atoms with Crippen molar-refractivity contribution in [1.29, 1.82) is 0 Å². The molecule has 0 unspecified atom stereocenters. The summed E-state index contributed by atoms with van der Waals surface area (Å²) in [5, 5.41) is 0.108. The predicted molar refractivity (Wildman–Crippen MR) is 53.0 cm³/mol. The molecule has 0 saturated carbocycles. The van der Waals surface area contributed by atoms with Crippen LogP contribution in [-0.2, 0) is 11.4 Å². The molecule has 1 rings (SSSR count). The lowest BCUT2D eigenvalue weighted by Crippen LogP contribution is -2.12. The molecule has 5 heteroatoms. The standard InChI is InChI=1S/C8H8BrClFNO/c1-13-12-4-5-6(9)2-3-7(10)8(5)11/h2-3,12H,4H2,1H3. The lowest BCUT2D eigenvalue weighted by atomic mass is 10.2. The van der Waals surface area contributed by atoms with E-state index in [2.05, 4.69) is 26.2 Å². The summed E-state index contributed by atoms with van der Waals surface area (Å²) in [6.07, 6.45) is 0. The molecule has 2 nitrogen and oxygen atoms in total. The summed E-state index contributed by atoms with van der Waals surface area (Å²) in [6.45, 7) is 0.267. The van der Waals surface area contributed by atoms with Gasteiger partial charge < -0.3 is 4.84 Å². The smallest absolute Gasteiger partial charge is 0.147 e. The first-order chi connectivity index (χ1) is 6.16. The molecule has 0 aromatic heterocycles. The highest BCUT2D eigenvalue weighted by Crippen LogP contribution is 2.25. The lowest BCUT2D eigenvalue weighted by molar-refractivity contribution is 0.0858. The van der Waals surface area contributed by atoms with Crippen LogP contribution in [0, 0.1) is 5.82 Å². The molecule has 1 N–H and O–H groups in total. The zero-order chi connectivity index (χ0) is 9.84. The summed E-state index contributed by atoms with van der Waals surface area (Å²) in [6, 6.07) is 3.19. The molecule has 13 heavy (non-hydrogen) atoms. The Kier molecular flexibility index (Phi) is 4.12. The second kappa shape index (κ2) is 4.91. The Bertz CT molecular complexity index is 308. The average Bonchev–Trinajstić information content (AvgIpc) is 2.12. The summed E-state index contributed by atoms with van der Waals surface area (Å²) >= 11 is 8.82. The molecule has 0 saturated heterocycles. The third kappa shape index (κ3) is 2.64. The Balaban J connectivity index is 2.96. The fraction of sp³-hybridized carbons (Fsp3) is 0.250. The molecule has 0 aliphatic carbocycles. The van der Waals surface area contributed by atoms with E-state index in [4.69, 9.17) is 11.6 Å². The van der Waals surface area contributed by atoms with Gasteiger partial charge in [-0.3, -0.25) is 0 Å². The first kappa shape index (κ1) is 10.9. The van der Waals surface area contributed by atoms with Gasteiger partial charge in [0.1, 0.15) is 5.82 Å². The molecule has 0 spiro atoms. The number of hydrogen-bond donors (Lipinski definition) is 1. The van der Waals surface area contributed by atoms with Crippen LogP contribution in [0.25, 0.3) is 0 Å². The van der Waals surface area contributed by atoms with E-state index in [0.717, 1.165) is 0 Å². The highest BCUT2D eigenvalue weighted by molar-refractivity contribution is 9.10. The molecule has 0 amide bonds. The van der Waals surface area contributed by atoms with Gasteiger partial charge in [0, 0.05) is 10.0 Å². The van der Waals surface area contributed by atoms with E-state index in [1.165, 1.54) is 13.2 Å². The van der Waals surface area contributed by atoms with Gasteiger partial charge in [-0.2, -0.15) is 5.48 Å². The Morgan fingerprint density at radius 1 is 1.62 bits per heavy atom. The van der Waals surface area contributed by atoms with E-state index in [-0.39, 0.29) is 11.6 Å². The van der Waals surface area contributed by atoms with Gasteiger partial charge in [0.25, 0.3) is 0 Å². The van der Waals surface area contributed by atoms with Gasteiger partial charge in [0.2, 0.25) is 0 Å². The van der Waals surface area contributed by atoms with Gasteiger partial charge in [0.05, 0.1) is 18.7 Å². The van der Waals surface area contributed by atoms with Crippen molar-refractivity contribution >= 4 is 27.5 Å². The maximum Gasteiger partial charge on any atom is 0.147 e. The molecular formula is C8H8BrClFNO. The second-order valence-electron chi connectivity index (χ2n) is 2.35. The zero-order valence-corrected chi connectivity index (χ0v) is 9.25. The van der Waals surface area contributed by atoms with Crippen molar-refractivity contribution in [3.05, 3.63) is 33.0 Å². The second-order valence-corrected chi connectivity index (χ2v) is 3.61. The Morgan fingerprint density at radius 2 is 2.31 bits per heavy atom. The third-order valence-electron chi connectivity index (χ3n) is 1.53. The molecule has 0 aliphatic rings. The molecule has 0 heterocycles. The minimum Gasteiger partial charge on any atom is -0.305 e. The van der Waals surface area contributed by atoms with Gasteiger partial charge in [-0.1, -0.05) is 27.5 Å². The summed E-state index contributed by atoms with van der Waals surface area (Å²) in [5.74, 6) is -0.430. The summed E-state index contributed by atoms with van der Waals surface area (Å²) in [4.78, 5) is 4.62. The summed E-state index contributed by atoms with van der Waals surface area (Å²) < 4.78 is 14.0. The van der Waals surface area contributed by atoms with E-state index in [0.29, 0.717) is 10.0 Å². The van der Waals surface area contributed by atoms with Crippen LogP contribution in [0.5, 0.6) is 0 Å². The van der Waals surface area contributed by atoms with Crippen LogP contribution < -0.4 is 5.48 Å². The Morgan fingerprint density at radius 3 is 2.92 bits per heavy atom. The Labute approximate surface area is 89.1 Å². The van der Waals surface area contributed by atoms with Crippen molar-refractivity contribution in [3.63, 3.8) is 0 Å². The number of benzene rings is 1. The normalized spacial score (nSPS) is 10.5. The first-order valence-electron chi connectivity index (χ1n) is 3.55. The van der Waals surface area contributed by atoms with Crippen LogP contribution in [0.15, 0.2) is 16.6 Å². The van der Waals surface area contributed by atoms with E-state index in [9.17, 15) is 4.39 Å². The van der Waals surface area contributed by atoms with Crippen LogP contribution in [-0.4, -0.2) is 7.11 Å². The number of hydroxylamine groups is 1. The monoisotopic (exact) mass is 267 g/mol. The number of hydrogen-bond acceptors (Lipinski definition) is 2. The van der Waals surface area contributed by atoms with Crippen molar-refractivity contribution in [2.75, 3.05) is 7.11 Å². The van der Waals surface area contributed by atoms with Crippen LogP contribution in [0.1, 0.15) is 5.56 Å². The molecule has 0 bridgehead atoms. The van der Waals surface area contributed by atoms with Gasteiger partial charge in [-0.15, -0.1) is 0 Å². The predicted octanol–water partition coefficient (Wildman–Crippen LogP) is 2.89. The molecule has 72 valence electrons. The van der Waals surface area contributed by atoms with Crippen molar-refractivity contribution < 1.29 is 9.23 Å². The SMILES string of the molecule is CONCc1c(Br)ccc(Cl)c1F. The highest BCUT2D eigenvalue weighted by Gasteiger charge is 2.09. The van der Waals surface area contributed by atoms with Crippen molar-refractivity contribution in [2.45, 2.75) is 6.54 Å². The fourth-order valence-electron chi connectivity index (χ4n) is 0.875. The van der Waals surface area contributed by atoms with Crippen LogP contribution in [0.4, 0.5) is 4.39 Å². The molecule has 0 radical (unpaired) electrons. The van der Waals surface area contributed by atoms with Crippen LogP contribution in [0.2, 0.25) is 5.02 Å². The summed E-state index contributed by atoms with van der Waals surface area (Å²) in [7, 11) is 1.47. The van der Waals surface area contributed by atoms with Gasteiger partial charge in [0.15, 0.2) is 0 Å². The van der Waals surface area contributed by atoms with Crippen LogP contribution >= 0.6 is 27.5 Å². The lowest BCUT2D eigenvalue weighted by Gasteiger charge is -2.07. The molecule has 1 aromatic carbocycles. The molecule has 1 aromatic rings. The molecule has 0 fully saturated rings. The topological polar surface area (TPSA) is 21.3 Å². The van der Waals surface area contributed by atoms with E-state index < -0.39 is 5.82 Å². The molecule has 0 atom stereocenters. The quantitative estimate of drug-likeness (QED) is 0.672. The van der Waals surface area contributed by atoms with Crippen molar-refractivity contribution in [3.8, 4) is 0 Å². The van der Waals surface area contributed by atoms with E-state index >= 15 is 0 Å². The minimum atomic E-state index is -0.430. The third-order valence-corrected chi connectivity index (χ3v) is 2.57. The first-order valence-corrected chi connectivity index (χ1v) is 4.72. The largest absolute Gasteiger partial charge is 0.305 e. The van der Waals surface area contributed by atoms with Gasteiger partial charge in [-0.05, 0) is 12.1 Å². The van der Waals surface area contributed by atoms with Crippen molar-refractivity contribution in [2.24, 2.45) is 0 Å². The minimum absolute atomic E-state index is 0.108. The van der Waals surface area contributed by atoms with Gasteiger partial charge in [-0.25, -0.2) is 4.39 Å². The maximum atomic E-state index is 13.3. The number of halogens is 3. The number of nitrogens with one attached hydrogen (secondary N) is 1. The van der Waals surface area contributed by atoms with Crippen molar-refractivity contribution in [1.82, 2.24) is 5.48 Å². The van der Waals surface area contributed by atoms with E-state index in [1.807, 2.05) is 0 Å². The van der Waals surface area contributed by atoms with E-state index in [1.54, 1.807) is 6.07 Å². The Hall–Kier alpha value is -0.160. The maximum absolute atomic E-state index is 13.3.